The monoisotopic (exact) mass is 242 g/mol. The van der Waals surface area contributed by atoms with Gasteiger partial charge in [0.1, 0.15) is 5.75 Å². The maximum atomic E-state index is 9.34. The lowest BCUT2D eigenvalue weighted by Gasteiger charge is -2.26. The fourth-order valence-electron chi connectivity index (χ4n) is 1.59. The minimum absolute atomic E-state index is 0.147. The second-order valence-electron chi connectivity index (χ2n) is 4.46. The summed E-state index contributed by atoms with van der Waals surface area (Å²) in [6.45, 7) is 4.82. The first kappa shape index (κ1) is 13.3. The first-order valence-corrected chi connectivity index (χ1v) is 5.97. The highest BCUT2D eigenvalue weighted by atomic mass is 35.5. The lowest BCUT2D eigenvalue weighted by molar-refractivity contribution is 0.0734. The van der Waals surface area contributed by atoms with Gasteiger partial charge in [0, 0.05) is 10.4 Å². The molecule has 0 fully saturated rings. The lowest BCUT2D eigenvalue weighted by atomic mass is 9.88. The van der Waals surface area contributed by atoms with Gasteiger partial charge in [-0.05, 0) is 30.7 Å². The maximum absolute atomic E-state index is 9.34. The van der Waals surface area contributed by atoms with Gasteiger partial charge in [0.15, 0.2) is 0 Å². The summed E-state index contributed by atoms with van der Waals surface area (Å²) in [6, 6.07) is 7.28. The third-order valence-electron chi connectivity index (χ3n) is 2.64. The Bertz CT molecular complexity index is 310. The van der Waals surface area contributed by atoms with Crippen LogP contribution in [0.1, 0.15) is 26.7 Å². The van der Waals surface area contributed by atoms with E-state index in [9.17, 15) is 5.11 Å². The van der Waals surface area contributed by atoms with E-state index in [1.165, 1.54) is 0 Å². The number of rotatable bonds is 6. The third kappa shape index (κ3) is 4.03. The van der Waals surface area contributed by atoms with Gasteiger partial charge in [0.2, 0.25) is 0 Å². The van der Waals surface area contributed by atoms with Gasteiger partial charge in [-0.15, -0.1) is 0 Å². The Morgan fingerprint density at radius 3 is 2.44 bits per heavy atom. The first-order chi connectivity index (χ1) is 7.59. The molecule has 1 aromatic carbocycles. The summed E-state index contributed by atoms with van der Waals surface area (Å²) < 4.78 is 5.65. The molecule has 90 valence electrons. The normalized spacial score (nSPS) is 14.5. The Kier molecular flexibility index (Phi) is 5.10. The SMILES string of the molecule is CCC[C@@](C)(CO)COc1ccc(Cl)cc1. The van der Waals surface area contributed by atoms with E-state index in [2.05, 4.69) is 6.92 Å². The quantitative estimate of drug-likeness (QED) is 0.827. The van der Waals surface area contributed by atoms with E-state index in [0.29, 0.717) is 11.6 Å². The maximum Gasteiger partial charge on any atom is 0.119 e. The largest absolute Gasteiger partial charge is 0.493 e. The zero-order valence-corrected chi connectivity index (χ0v) is 10.6. The van der Waals surface area contributed by atoms with Crippen LogP contribution in [0.5, 0.6) is 5.75 Å². The Balaban J connectivity index is 2.52. The highest BCUT2D eigenvalue weighted by Gasteiger charge is 2.23. The van der Waals surface area contributed by atoms with Crippen LogP contribution in [0.25, 0.3) is 0 Å². The average molecular weight is 243 g/mol. The molecule has 0 aliphatic heterocycles. The minimum atomic E-state index is -0.158. The zero-order valence-electron chi connectivity index (χ0n) is 9.87. The van der Waals surface area contributed by atoms with E-state index in [1.54, 1.807) is 12.1 Å². The molecule has 1 atom stereocenters. The van der Waals surface area contributed by atoms with Crippen LogP contribution in [0, 0.1) is 5.41 Å². The van der Waals surface area contributed by atoms with Crippen LogP contribution in [0.4, 0.5) is 0 Å². The van der Waals surface area contributed by atoms with Gasteiger partial charge in [-0.2, -0.15) is 0 Å². The van der Waals surface area contributed by atoms with E-state index in [4.69, 9.17) is 16.3 Å². The van der Waals surface area contributed by atoms with Crippen LogP contribution in [0.2, 0.25) is 5.02 Å². The van der Waals surface area contributed by atoms with Crippen LogP contribution in [0.15, 0.2) is 24.3 Å². The molecule has 1 rings (SSSR count). The summed E-state index contributed by atoms with van der Waals surface area (Å²) in [5.41, 5.74) is -0.158. The van der Waals surface area contributed by atoms with Crippen LogP contribution in [0.3, 0.4) is 0 Å². The highest BCUT2D eigenvalue weighted by molar-refractivity contribution is 6.30. The van der Waals surface area contributed by atoms with Crippen LogP contribution < -0.4 is 4.74 Å². The number of ether oxygens (including phenoxy) is 1. The van der Waals surface area contributed by atoms with Gasteiger partial charge in [0.05, 0.1) is 13.2 Å². The molecular formula is C13H19ClO2. The molecule has 2 nitrogen and oxygen atoms in total. The second kappa shape index (κ2) is 6.12. The number of benzene rings is 1. The number of aliphatic hydroxyl groups excluding tert-OH is 1. The molecule has 0 radical (unpaired) electrons. The van der Waals surface area contributed by atoms with Crippen LogP contribution in [-0.4, -0.2) is 18.3 Å². The third-order valence-corrected chi connectivity index (χ3v) is 2.89. The molecular weight excluding hydrogens is 224 g/mol. The van der Waals surface area contributed by atoms with Crippen molar-refractivity contribution in [3.8, 4) is 5.75 Å². The predicted molar refractivity (Wildman–Crippen MR) is 67.0 cm³/mol. The molecule has 1 aromatic rings. The fourth-order valence-corrected chi connectivity index (χ4v) is 1.71. The van der Waals surface area contributed by atoms with Gasteiger partial charge in [-0.1, -0.05) is 31.9 Å². The van der Waals surface area contributed by atoms with Crippen LogP contribution in [-0.2, 0) is 0 Å². The first-order valence-electron chi connectivity index (χ1n) is 5.59. The average Bonchev–Trinajstić information content (AvgIpc) is 2.29. The molecule has 0 saturated heterocycles. The smallest absolute Gasteiger partial charge is 0.119 e. The molecule has 0 amide bonds. The van der Waals surface area contributed by atoms with Gasteiger partial charge < -0.3 is 9.84 Å². The van der Waals surface area contributed by atoms with Crippen molar-refractivity contribution in [3.05, 3.63) is 29.3 Å². The van der Waals surface area contributed by atoms with Crippen molar-refractivity contribution < 1.29 is 9.84 Å². The topological polar surface area (TPSA) is 29.5 Å². The molecule has 1 N–H and O–H groups in total. The summed E-state index contributed by atoms with van der Waals surface area (Å²) in [6.07, 6.45) is 2.00. The van der Waals surface area contributed by atoms with Crippen molar-refractivity contribution in [1.29, 1.82) is 0 Å². The summed E-state index contributed by atoms with van der Waals surface area (Å²) >= 11 is 5.78. The van der Waals surface area contributed by atoms with Crippen molar-refractivity contribution in [2.24, 2.45) is 5.41 Å². The van der Waals surface area contributed by atoms with E-state index in [0.717, 1.165) is 18.6 Å². The van der Waals surface area contributed by atoms with E-state index >= 15 is 0 Å². The van der Waals surface area contributed by atoms with Crippen molar-refractivity contribution in [3.63, 3.8) is 0 Å². The van der Waals surface area contributed by atoms with Crippen LogP contribution >= 0.6 is 11.6 Å². The number of halogens is 1. The van der Waals surface area contributed by atoms with Gasteiger partial charge >= 0.3 is 0 Å². The van der Waals surface area contributed by atoms with Crippen molar-refractivity contribution in [2.45, 2.75) is 26.7 Å². The Morgan fingerprint density at radius 2 is 1.94 bits per heavy atom. The molecule has 3 heteroatoms. The number of hydrogen-bond acceptors (Lipinski definition) is 2. The summed E-state index contributed by atoms with van der Waals surface area (Å²) in [7, 11) is 0. The standard InChI is InChI=1S/C13H19ClO2/c1-3-8-13(2,9-15)10-16-12-6-4-11(14)5-7-12/h4-7,15H,3,8-10H2,1-2H3/t13-/m0/s1. The fraction of sp³-hybridized carbons (Fsp3) is 0.538. The lowest BCUT2D eigenvalue weighted by Crippen LogP contribution is -2.29. The minimum Gasteiger partial charge on any atom is -0.493 e. The zero-order chi connectivity index (χ0) is 12.0. The molecule has 0 heterocycles. The second-order valence-corrected chi connectivity index (χ2v) is 4.90. The Labute approximate surface area is 102 Å². The van der Waals surface area contributed by atoms with Crippen molar-refractivity contribution in [1.82, 2.24) is 0 Å². The van der Waals surface area contributed by atoms with E-state index in [1.807, 2.05) is 19.1 Å². The molecule has 0 aromatic heterocycles. The van der Waals surface area contributed by atoms with Gasteiger partial charge in [0.25, 0.3) is 0 Å². The van der Waals surface area contributed by atoms with Crippen molar-refractivity contribution in [2.75, 3.05) is 13.2 Å². The van der Waals surface area contributed by atoms with E-state index in [-0.39, 0.29) is 12.0 Å². The molecule has 0 unspecified atom stereocenters. The molecule has 0 spiro atoms. The number of aliphatic hydroxyl groups is 1. The Morgan fingerprint density at radius 1 is 1.31 bits per heavy atom. The molecule has 0 aliphatic carbocycles. The summed E-state index contributed by atoms with van der Waals surface area (Å²) in [4.78, 5) is 0. The molecule has 0 saturated carbocycles. The molecule has 0 bridgehead atoms. The van der Waals surface area contributed by atoms with Gasteiger partial charge in [-0.25, -0.2) is 0 Å². The predicted octanol–water partition coefficient (Wildman–Crippen LogP) is 3.52. The van der Waals surface area contributed by atoms with Crippen molar-refractivity contribution >= 4 is 11.6 Å². The number of hydrogen-bond donors (Lipinski definition) is 1. The Hall–Kier alpha value is -0.730. The summed E-state index contributed by atoms with van der Waals surface area (Å²) in [5.74, 6) is 0.792. The van der Waals surface area contributed by atoms with Gasteiger partial charge in [-0.3, -0.25) is 0 Å². The summed E-state index contributed by atoms with van der Waals surface area (Å²) in [5, 5.41) is 10.0. The highest BCUT2D eigenvalue weighted by Crippen LogP contribution is 2.24. The molecule has 0 aliphatic rings. The molecule has 16 heavy (non-hydrogen) atoms. The van der Waals surface area contributed by atoms with E-state index < -0.39 is 0 Å².